The number of allylic oxidation sites excluding steroid dienone is 1. The number of ketones is 1. The van der Waals surface area contributed by atoms with E-state index < -0.39 is 55.1 Å². The Kier molecular flexibility index (Phi) is 8.49. The molecule has 1 amide bonds. The van der Waals surface area contributed by atoms with Crippen molar-refractivity contribution in [2.75, 3.05) is 5.32 Å². The lowest BCUT2D eigenvalue weighted by Gasteiger charge is -2.29. The summed E-state index contributed by atoms with van der Waals surface area (Å²) in [6.45, 7) is 7.07. The molecule has 4 aliphatic heterocycles. The van der Waals surface area contributed by atoms with Gasteiger partial charge in [0.2, 0.25) is 11.8 Å². The van der Waals surface area contributed by atoms with Crippen LogP contribution in [0.15, 0.2) is 68.5 Å². The van der Waals surface area contributed by atoms with Gasteiger partial charge in [-0.1, -0.05) is 99.4 Å². The van der Waals surface area contributed by atoms with Crippen LogP contribution < -0.4 is 15.4 Å². The lowest BCUT2D eigenvalue weighted by Crippen LogP contribution is -2.41. The summed E-state index contributed by atoms with van der Waals surface area (Å²) in [6.07, 6.45) is -1.93. The van der Waals surface area contributed by atoms with Gasteiger partial charge in [0, 0.05) is 51.7 Å². The summed E-state index contributed by atoms with van der Waals surface area (Å²) >= 11 is 14.0. The van der Waals surface area contributed by atoms with Crippen LogP contribution in [0.2, 0.25) is 5.15 Å². The van der Waals surface area contributed by atoms with Crippen molar-refractivity contribution in [3.8, 4) is 28.5 Å². The highest BCUT2D eigenvalue weighted by Crippen LogP contribution is 2.62. The summed E-state index contributed by atoms with van der Waals surface area (Å²) in [6, 6.07) is 17.0. The summed E-state index contributed by atoms with van der Waals surface area (Å²) in [5.41, 5.74) is 6.57. The van der Waals surface area contributed by atoms with Gasteiger partial charge in [-0.15, -0.1) is 0 Å². The van der Waals surface area contributed by atoms with Gasteiger partial charge in [0.15, 0.2) is 34.4 Å². The minimum Gasteiger partial charge on any atom is -0.469 e. The summed E-state index contributed by atoms with van der Waals surface area (Å²) in [7, 11) is -5.03. The van der Waals surface area contributed by atoms with E-state index in [9.17, 15) is 23.9 Å². The number of nitrogens with one attached hydrogen (secondary N) is 2. The average molecular weight is 844 g/mol. The van der Waals surface area contributed by atoms with Crippen molar-refractivity contribution in [2.24, 2.45) is 17.8 Å². The third-order valence-electron chi connectivity index (χ3n) is 11.9. The minimum absolute atomic E-state index is 0.0905. The summed E-state index contributed by atoms with van der Waals surface area (Å²) in [5.74, 6) is -1.40. The number of carbonyl (C=O) groups excluding carboxylic acids is 2. The first-order valence-electron chi connectivity index (χ1n) is 19.1. The number of phosphoric acid groups is 1. The first kappa shape index (κ1) is 37.5. The van der Waals surface area contributed by atoms with Crippen molar-refractivity contribution in [1.29, 1.82) is 0 Å². The maximum Gasteiger partial charge on any atom is 0.470 e. The number of Topliss-reactive ketones (excluding diaryl/α,β-unsaturated/α-hetero) is 1. The molecule has 16 heteroatoms. The Morgan fingerprint density at radius 1 is 1.02 bits per heavy atom. The van der Waals surface area contributed by atoms with E-state index in [1.807, 2.05) is 68.4 Å². The predicted molar refractivity (Wildman–Crippen MR) is 213 cm³/mol. The van der Waals surface area contributed by atoms with E-state index in [1.54, 1.807) is 13.8 Å². The number of rotatable bonds is 7. The Bertz CT molecular complexity index is 2700. The number of benzene rings is 3. The summed E-state index contributed by atoms with van der Waals surface area (Å²) in [4.78, 5) is 57.3. The SMILES string of the molecule is CC(C)C(OP(=O)(O)O)C(=O)CC1Cc2ccc3c(c2)C24c5cccc(c5NC2O3)-c2cccc3c2C(=C(Cl)C3)c2oc(nc2Cl)-c2nc(oc24)C(C(C)C)NC1=O. The molecule has 4 N–H and O–H groups in total. The van der Waals surface area contributed by atoms with Crippen LogP contribution in [-0.2, 0) is 36.9 Å². The van der Waals surface area contributed by atoms with Crippen molar-refractivity contribution in [3.05, 3.63) is 110 Å². The molecule has 6 heterocycles. The molecule has 3 aromatic carbocycles. The number of anilines is 1. The molecule has 10 rings (SSSR count). The van der Waals surface area contributed by atoms with Crippen LogP contribution >= 0.6 is 31.0 Å². The first-order valence-corrected chi connectivity index (χ1v) is 21.4. The van der Waals surface area contributed by atoms with Gasteiger partial charge in [-0.3, -0.25) is 14.1 Å². The third kappa shape index (κ3) is 5.51. The molecule has 5 unspecified atom stereocenters. The number of halogens is 2. The van der Waals surface area contributed by atoms with E-state index in [0.29, 0.717) is 39.9 Å². The Morgan fingerprint density at radius 2 is 1.79 bits per heavy atom. The van der Waals surface area contributed by atoms with Crippen LogP contribution in [0.25, 0.3) is 28.3 Å². The van der Waals surface area contributed by atoms with Crippen LogP contribution in [0, 0.1) is 17.8 Å². The molecule has 1 spiro atoms. The Hall–Kier alpha value is -4.75. The predicted octanol–water partition coefficient (Wildman–Crippen LogP) is 8.07. The quantitative estimate of drug-likeness (QED) is 0.116. The number of nitrogens with zero attached hydrogens (tertiary/aromatic N) is 2. The van der Waals surface area contributed by atoms with Gasteiger partial charge in [-0.25, -0.2) is 9.55 Å². The lowest BCUT2D eigenvalue weighted by atomic mass is 9.71. The van der Waals surface area contributed by atoms with Crippen molar-refractivity contribution >= 4 is 54.0 Å². The fourth-order valence-corrected chi connectivity index (χ4v) is 10.6. The van der Waals surface area contributed by atoms with Gasteiger partial charge in [0.05, 0.1) is 0 Å². The normalized spacial score (nSPS) is 22.8. The van der Waals surface area contributed by atoms with E-state index in [4.69, 9.17) is 51.3 Å². The van der Waals surface area contributed by atoms with Gasteiger partial charge in [0.1, 0.15) is 23.3 Å². The fourth-order valence-electron chi connectivity index (χ4n) is 9.37. The van der Waals surface area contributed by atoms with Gasteiger partial charge in [-0.05, 0) is 46.6 Å². The van der Waals surface area contributed by atoms with Crippen LogP contribution in [-0.4, -0.2) is 43.8 Å². The zero-order valence-electron chi connectivity index (χ0n) is 31.6. The molecule has 1 aliphatic carbocycles. The van der Waals surface area contributed by atoms with Gasteiger partial charge in [0.25, 0.3) is 5.89 Å². The molecule has 5 aliphatic rings. The van der Waals surface area contributed by atoms with E-state index in [2.05, 4.69) is 10.6 Å². The average Bonchev–Trinajstić information content (AvgIpc) is 3.96. The largest absolute Gasteiger partial charge is 0.470 e. The number of hydrogen-bond acceptors (Lipinski definition) is 10. The highest BCUT2D eigenvalue weighted by Gasteiger charge is 2.62. The van der Waals surface area contributed by atoms with E-state index in [1.165, 1.54) is 0 Å². The highest BCUT2D eigenvalue weighted by atomic mass is 35.5. The highest BCUT2D eigenvalue weighted by molar-refractivity contribution is 7.46. The van der Waals surface area contributed by atoms with Gasteiger partial charge in [-0.2, -0.15) is 4.98 Å². The monoisotopic (exact) mass is 842 g/mol. The Morgan fingerprint density at radius 3 is 2.55 bits per heavy atom. The number of carbonyl (C=O) groups is 2. The van der Waals surface area contributed by atoms with Crippen LogP contribution in [0.3, 0.4) is 0 Å². The van der Waals surface area contributed by atoms with Crippen molar-refractivity contribution in [3.63, 3.8) is 0 Å². The van der Waals surface area contributed by atoms with Crippen molar-refractivity contribution in [2.45, 2.75) is 70.7 Å². The molecule has 298 valence electrons. The lowest BCUT2D eigenvalue weighted by molar-refractivity contribution is -0.134. The molecule has 2 aromatic heterocycles. The molecule has 58 heavy (non-hydrogen) atoms. The number of aromatic nitrogens is 2. The van der Waals surface area contributed by atoms with E-state index in [-0.39, 0.29) is 41.4 Å². The second-order valence-electron chi connectivity index (χ2n) is 16.2. The number of fused-ring (bicyclic) bond motifs is 7. The van der Waals surface area contributed by atoms with Crippen LogP contribution in [0.4, 0.5) is 5.69 Å². The third-order valence-corrected chi connectivity index (χ3v) is 13.0. The van der Waals surface area contributed by atoms with Gasteiger partial charge >= 0.3 is 7.82 Å². The second kappa shape index (κ2) is 13.1. The maximum absolute atomic E-state index is 14.4. The molecule has 0 radical (unpaired) electrons. The summed E-state index contributed by atoms with van der Waals surface area (Å²) in [5, 5.41) is 7.50. The van der Waals surface area contributed by atoms with Crippen LogP contribution in [0.1, 0.15) is 85.4 Å². The number of ether oxygens (including phenoxy) is 1. The van der Waals surface area contributed by atoms with E-state index in [0.717, 1.165) is 39.1 Å². The number of para-hydroxylation sites is 1. The molecule has 5 aromatic rings. The Labute approximate surface area is 342 Å². The zero-order chi connectivity index (χ0) is 40.6. The molecule has 10 bridgehead atoms. The number of phosphoric ester groups is 1. The zero-order valence-corrected chi connectivity index (χ0v) is 34.0. The number of amides is 1. The smallest absolute Gasteiger partial charge is 0.469 e. The topological polar surface area (TPSA) is 186 Å². The molecule has 0 saturated heterocycles. The molecule has 5 atom stereocenters. The van der Waals surface area contributed by atoms with Crippen molar-refractivity contribution < 1.29 is 42.0 Å². The Balaban J connectivity index is 1.23. The standard InChI is InChI=1S/C42H37Cl2N4O9P/c1-17(2)31-39-46-33-36(56-39)42-24-10-6-9-23(22-8-5-7-20-15-26(43)30(29(20)22)35-37(44)48-40(33)55-35)32(24)47-41(42)54-28-12-11-19(14-25(28)42)13-21(38(50)45-31)16-27(49)34(18(3)4)57-58(51,52)53/h5-12,14,17-18,21,31,34,41,47H,13,15-16H2,1-4H3,(H,45,50)(H2,51,52,53). The maximum atomic E-state index is 14.4. The van der Waals surface area contributed by atoms with Crippen LogP contribution in [0.5, 0.6) is 5.75 Å². The van der Waals surface area contributed by atoms with E-state index >= 15 is 0 Å². The second-order valence-corrected chi connectivity index (χ2v) is 18.2. The summed E-state index contributed by atoms with van der Waals surface area (Å²) < 4.78 is 37.3. The molecular formula is C42H37Cl2N4O9P. The van der Waals surface area contributed by atoms with Gasteiger partial charge < -0.3 is 34.0 Å². The number of oxazole rings is 2. The number of hydrogen-bond donors (Lipinski definition) is 4. The first-order chi connectivity index (χ1) is 27.6. The molecular weight excluding hydrogens is 806 g/mol. The molecule has 13 nitrogen and oxygen atoms in total. The van der Waals surface area contributed by atoms with Crippen molar-refractivity contribution in [1.82, 2.24) is 15.3 Å². The fraction of sp³-hybridized carbons (Fsp3) is 0.333. The minimum atomic E-state index is -5.03. The molecule has 0 saturated carbocycles. The molecule has 0 fully saturated rings.